The van der Waals surface area contributed by atoms with Crippen LogP contribution in [-0.2, 0) is 4.79 Å². The Morgan fingerprint density at radius 2 is 2.42 bits per heavy atom. The Kier molecular flexibility index (Phi) is 2.78. The third-order valence-corrected chi connectivity index (χ3v) is 1.17. The minimum atomic E-state index is -0.393. The van der Waals surface area contributed by atoms with Gasteiger partial charge in [-0.2, -0.15) is 0 Å². The maximum absolute atomic E-state index is 11.0. The van der Waals surface area contributed by atoms with Crippen LogP contribution in [0.4, 0.5) is 0 Å². The second-order valence-electron chi connectivity index (χ2n) is 1.96. The zero-order chi connectivity index (χ0) is 8.81. The van der Waals surface area contributed by atoms with Crippen LogP contribution in [0.15, 0.2) is 24.5 Å². The van der Waals surface area contributed by atoms with Gasteiger partial charge in [0.2, 0.25) is 6.41 Å². The monoisotopic (exact) mass is 165 g/mol. The second kappa shape index (κ2) is 4.07. The highest BCUT2D eigenvalue weighted by Gasteiger charge is 2.01. The van der Waals surface area contributed by atoms with E-state index >= 15 is 0 Å². The number of nitrogens with one attached hydrogen (secondary N) is 2. The number of rotatable bonds is 3. The first kappa shape index (κ1) is 8.19. The van der Waals surface area contributed by atoms with Crippen molar-refractivity contribution in [3.05, 3.63) is 30.1 Å². The average Bonchev–Trinajstić information content (AvgIpc) is 2.15. The van der Waals surface area contributed by atoms with Crippen molar-refractivity contribution in [3.63, 3.8) is 0 Å². The molecule has 1 heterocycles. The first-order chi connectivity index (χ1) is 5.84. The molecule has 1 aromatic rings. The molecule has 0 saturated heterocycles. The van der Waals surface area contributed by atoms with Crippen LogP contribution < -0.4 is 10.9 Å². The van der Waals surface area contributed by atoms with Gasteiger partial charge in [0.15, 0.2) is 0 Å². The Hall–Kier alpha value is -1.91. The summed E-state index contributed by atoms with van der Waals surface area (Å²) < 4.78 is 0. The van der Waals surface area contributed by atoms with Crippen LogP contribution in [0.3, 0.4) is 0 Å². The maximum atomic E-state index is 11.0. The third-order valence-electron chi connectivity index (χ3n) is 1.17. The van der Waals surface area contributed by atoms with E-state index in [9.17, 15) is 9.59 Å². The van der Waals surface area contributed by atoms with Gasteiger partial charge in [-0.15, -0.1) is 0 Å². The lowest BCUT2D eigenvalue weighted by Crippen LogP contribution is -2.36. The largest absolute Gasteiger partial charge is 0.277 e. The van der Waals surface area contributed by atoms with Gasteiger partial charge in [-0.05, 0) is 12.1 Å². The average molecular weight is 165 g/mol. The molecule has 2 N–H and O–H groups in total. The molecule has 12 heavy (non-hydrogen) atoms. The van der Waals surface area contributed by atoms with Crippen molar-refractivity contribution in [3.8, 4) is 0 Å². The molecule has 5 heteroatoms. The predicted molar refractivity (Wildman–Crippen MR) is 40.9 cm³/mol. The summed E-state index contributed by atoms with van der Waals surface area (Å²) in [4.78, 5) is 24.6. The molecule has 62 valence electrons. The third kappa shape index (κ3) is 2.05. The minimum absolute atomic E-state index is 0.383. The zero-order valence-electron chi connectivity index (χ0n) is 6.15. The van der Waals surface area contributed by atoms with Crippen molar-refractivity contribution in [2.45, 2.75) is 0 Å². The molecule has 0 aliphatic rings. The smallest absolute Gasteiger partial charge is 0.271 e. The van der Waals surface area contributed by atoms with Gasteiger partial charge in [-0.25, -0.2) is 0 Å². The Morgan fingerprint density at radius 3 is 3.00 bits per heavy atom. The van der Waals surface area contributed by atoms with Gasteiger partial charge < -0.3 is 0 Å². The number of hydrogen-bond acceptors (Lipinski definition) is 3. The van der Waals surface area contributed by atoms with Crippen LogP contribution in [0.25, 0.3) is 0 Å². The van der Waals surface area contributed by atoms with Gasteiger partial charge in [-0.3, -0.25) is 25.4 Å². The number of pyridine rings is 1. The number of carbonyl (C=O) groups is 2. The molecule has 0 fully saturated rings. The van der Waals surface area contributed by atoms with E-state index in [1.54, 1.807) is 18.3 Å². The van der Waals surface area contributed by atoms with Crippen LogP contribution in [0.5, 0.6) is 0 Å². The summed E-state index contributed by atoms with van der Waals surface area (Å²) in [6.45, 7) is 0. The standard InChI is InChI=1S/C7H7N3O2/c11-5-9-10-7(12)6-2-1-3-8-4-6/h1-5H,(H,9,11)(H,10,12). The van der Waals surface area contributed by atoms with Crippen molar-refractivity contribution in [2.75, 3.05) is 0 Å². The van der Waals surface area contributed by atoms with Gasteiger partial charge >= 0.3 is 0 Å². The van der Waals surface area contributed by atoms with Gasteiger partial charge in [0, 0.05) is 12.4 Å². The Labute approximate surface area is 68.8 Å². The van der Waals surface area contributed by atoms with E-state index < -0.39 is 5.91 Å². The van der Waals surface area contributed by atoms with Crippen molar-refractivity contribution >= 4 is 12.3 Å². The van der Waals surface area contributed by atoms with E-state index in [1.165, 1.54) is 6.20 Å². The SMILES string of the molecule is O=CNNC(=O)c1cccnc1. The highest BCUT2D eigenvalue weighted by Crippen LogP contribution is 1.93. The highest BCUT2D eigenvalue weighted by molar-refractivity contribution is 5.93. The maximum Gasteiger partial charge on any atom is 0.271 e. The molecular weight excluding hydrogens is 158 g/mol. The lowest BCUT2D eigenvalue weighted by molar-refractivity contribution is -0.110. The van der Waals surface area contributed by atoms with Gasteiger partial charge in [0.25, 0.3) is 5.91 Å². The number of amides is 2. The Morgan fingerprint density at radius 1 is 1.58 bits per heavy atom. The highest BCUT2D eigenvalue weighted by atomic mass is 16.2. The molecule has 5 nitrogen and oxygen atoms in total. The van der Waals surface area contributed by atoms with Crippen LogP contribution in [0.2, 0.25) is 0 Å². The fraction of sp³-hybridized carbons (Fsp3) is 0. The first-order valence-electron chi connectivity index (χ1n) is 3.24. The van der Waals surface area contributed by atoms with Crippen molar-refractivity contribution in [1.29, 1.82) is 0 Å². The van der Waals surface area contributed by atoms with Crippen molar-refractivity contribution in [2.24, 2.45) is 0 Å². The van der Waals surface area contributed by atoms with E-state index in [1.807, 2.05) is 5.43 Å². The normalized spacial score (nSPS) is 8.67. The van der Waals surface area contributed by atoms with Crippen LogP contribution >= 0.6 is 0 Å². The number of carbonyl (C=O) groups excluding carboxylic acids is 2. The summed E-state index contributed by atoms with van der Waals surface area (Å²) in [5, 5.41) is 0. The minimum Gasteiger partial charge on any atom is -0.277 e. The summed E-state index contributed by atoms with van der Waals surface area (Å²) in [5.41, 5.74) is 4.59. The summed E-state index contributed by atoms with van der Waals surface area (Å²) in [5.74, 6) is -0.393. The molecule has 1 rings (SSSR count). The Bertz CT molecular complexity index is 273. The fourth-order valence-electron chi connectivity index (χ4n) is 0.664. The van der Waals surface area contributed by atoms with Crippen LogP contribution in [0.1, 0.15) is 10.4 Å². The first-order valence-corrected chi connectivity index (χ1v) is 3.24. The van der Waals surface area contributed by atoms with Gasteiger partial charge in [0.1, 0.15) is 0 Å². The molecule has 0 unspecified atom stereocenters. The van der Waals surface area contributed by atoms with Gasteiger partial charge in [-0.1, -0.05) is 0 Å². The summed E-state index contributed by atoms with van der Waals surface area (Å²) in [6.07, 6.45) is 3.35. The molecular formula is C7H7N3O2. The quantitative estimate of drug-likeness (QED) is 0.467. The second-order valence-corrected chi connectivity index (χ2v) is 1.96. The Balaban J connectivity index is 2.59. The molecule has 0 aliphatic carbocycles. The fourth-order valence-corrected chi connectivity index (χ4v) is 0.664. The van der Waals surface area contributed by atoms with Crippen molar-refractivity contribution in [1.82, 2.24) is 15.8 Å². The van der Waals surface area contributed by atoms with E-state index in [-0.39, 0.29) is 0 Å². The molecule has 2 amide bonds. The zero-order valence-corrected chi connectivity index (χ0v) is 6.15. The van der Waals surface area contributed by atoms with Crippen LogP contribution in [0, 0.1) is 0 Å². The molecule has 1 aromatic heterocycles. The topological polar surface area (TPSA) is 71.1 Å². The van der Waals surface area contributed by atoms with E-state index in [2.05, 4.69) is 10.4 Å². The molecule has 0 radical (unpaired) electrons. The van der Waals surface area contributed by atoms with E-state index in [0.717, 1.165) is 0 Å². The molecule has 0 spiro atoms. The summed E-state index contributed by atoms with van der Waals surface area (Å²) in [7, 11) is 0. The molecule has 0 aromatic carbocycles. The lowest BCUT2D eigenvalue weighted by Gasteiger charge is -2.00. The summed E-state index contributed by atoms with van der Waals surface area (Å²) in [6, 6.07) is 3.23. The lowest BCUT2D eigenvalue weighted by atomic mass is 10.3. The molecule has 0 saturated carbocycles. The number of hydrogen-bond donors (Lipinski definition) is 2. The van der Waals surface area contributed by atoms with E-state index in [0.29, 0.717) is 12.0 Å². The van der Waals surface area contributed by atoms with Crippen molar-refractivity contribution < 1.29 is 9.59 Å². The number of hydrazine groups is 1. The number of nitrogens with zero attached hydrogens (tertiary/aromatic N) is 1. The van der Waals surface area contributed by atoms with Crippen LogP contribution in [-0.4, -0.2) is 17.3 Å². The molecule has 0 aliphatic heterocycles. The predicted octanol–water partition coefficient (Wildman–Crippen LogP) is -0.528. The van der Waals surface area contributed by atoms with Gasteiger partial charge in [0.05, 0.1) is 5.56 Å². The summed E-state index contributed by atoms with van der Waals surface area (Å²) >= 11 is 0. The molecule has 0 bridgehead atoms. The molecule has 0 atom stereocenters. The number of aromatic nitrogens is 1. The van der Waals surface area contributed by atoms with E-state index in [4.69, 9.17) is 0 Å².